The van der Waals surface area contributed by atoms with Crippen LogP contribution < -0.4 is 5.73 Å². The summed E-state index contributed by atoms with van der Waals surface area (Å²) in [6, 6.07) is 3.24. The van der Waals surface area contributed by atoms with Gasteiger partial charge in [0.1, 0.15) is 0 Å². The predicted octanol–water partition coefficient (Wildman–Crippen LogP) is 2.26. The zero-order valence-electron chi connectivity index (χ0n) is 10.8. The molecule has 1 aliphatic carbocycles. The second-order valence-electron chi connectivity index (χ2n) is 5.33. The minimum atomic E-state index is -3.39. The Kier molecular flexibility index (Phi) is 3.61. The second-order valence-corrected chi connectivity index (χ2v) is 7.48. The number of anilines is 1. The Balaban J connectivity index is 2.30. The standard InChI is InChI=1S/C13H20N2O2S/c1-9-5-6-11(8-10(9)2)18(16,17)13-12(14)4-3-7-15-13/h3-4,7,9-11H,5-6,8,14H2,1-2H3. The molecule has 0 radical (unpaired) electrons. The first kappa shape index (κ1) is 13.3. The summed E-state index contributed by atoms with van der Waals surface area (Å²) in [6.07, 6.45) is 3.86. The van der Waals surface area contributed by atoms with Crippen molar-refractivity contribution < 1.29 is 8.42 Å². The maximum atomic E-state index is 12.5. The van der Waals surface area contributed by atoms with Gasteiger partial charge in [-0.25, -0.2) is 13.4 Å². The summed E-state index contributed by atoms with van der Waals surface area (Å²) in [5.74, 6) is 1.03. The molecule has 1 fully saturated rings. The van der Waals surface area contributed by atoms with Gasteiger partial charge in [-0.2, -0.15) is 0 Å². The molecule has 1 aliphatic rings. The molecular formula is C13H20N2O2S. The van der Waals surface area contributed by atoms with Gasteiger partial charge in [-0.3, -0.25) is 0 Å². The average molecular weight is 268 g/mol. The highest BCUT2D eigenvalue weighted by atomic mass is 32.2. The smallest absolute Gasteiger partial charge is 0.200 e. The molecule has 0 aliphatic heterocycles. The van der Waals surface area contributed by atoms with E-state index in [1.807, 2.05) is 0 Å². The average Bonchev–Trinajstić information content (AvgIpc) is 2.33. The summed E-state index contributed by atoms with van der Waals surface area (Å²) in [4.78, 5) is 3.96. The van der Waals surface area contributed by atoms with Gasteiger partial charge in [-0.15, -0.1) is 0 Å². The first-order valence-corrected chi connectivity index (χ1v) is 7.92. The van der Waals surface area contributed by atoms with Gasteiger partial charge in [0.2, 0.25) is 9.84 Å². The van der Waals surface area contributed by atoms with E-state index in [9.17, 15) is 8.42 Å². The Morgan fingerprint density at radius 1 is 1.28 bits per heavy atom. The number of hydrogen-bond donors (Lipinski definition) is 1. The molecule has 0 bridgehead atoms. The Labute approximate surface area is 109 Å². The third kappa shape index (κ3) is 2.36. The number of rotatable bonds is 2. The van der Waals surface area contributed by atoms with Gasteiger partial charge in [-0.1, -0.05) is 13.8 Å². The van der Waals surface area contributed by atoms with Gasteiger partial charge in [-0.05, 0) is 43.2 Å². The zero-order chi connectivity index (χ0) is 13.3. The zero-order valence-corrected chi connectivity index (χ0v) is 11.7. The van der Waals surface area contributed by atoms with Crippen LogP contribution in [0.3, 0.4) is 0 Å². The lowest BCUT2D eigenvalue weighted by Gasteiger charge is -2.31. The van der Waals surface area contributed by atoms with Gasteiger partial charge in [0.15, 0.2) is 5.03 Å². The minimum Gasteiger partial charge on any atom is -0.396 e. The first-order valence-electron chi connectivity index (χ1n) is 6.37. The molecule has 1 saturated carbocycles. The molecule has 0 amide bonds. The number of sulfone groups is 1. The minimum absolute atomic E-state index is 0.0525. The summed E-state index contributed by atoms with van der Waals surface area (Å²) < 4.78 is 25.0. The van der Waals surface area contributed by atoms with E-state index in [1.165, 1.54) is 6.20 Å². The van der Waals surface area contributed by atoms with Crippen LogP contribution in [0.15, 0.2) is 23.4 Å². The fourth-order valence-electron chi connectivity index (χ4n) is 2.58. The Morgan fingerprint density at radius 3 is 2.61 bits per heavy atom. The Bertz CT molecular complexity index is 528. The van der Waals surface area contributed by atoms with Gasteiger partial charge in [0.25, 0.3) is 0 Å². The van der Waals surface area contributed by atoms with Crippen molar-refractivity contribution in [3.8, 4) is 0 Å². The van der Waals surface area contributed by atoms with E-state index in [2.05, 4.69) is 18.8 Å². The third-order valence-corrected chi connectivity index (χ3v) is 6.24. The highest BCUT2D eigenvalue weighted by molar-refractivity contribution is 7.92. The van der Waals surface area contributed by atoms with E-state index in [0.717, 1.165) is 6.42 Å². The number of nitrogens with two attached hydrogens (primary N) is 1. The topological polar surface area (TPSA) is 73.0 Å². The van der Waals surface area contributed by atoms with E-state index in [-0.39, 0.29) is 16.0 Å². The molecule has 0 spiro atoms. The lowest BCUT2D eigenvalue weighted by Crippen LogP contribution is -2.31. The van der Waals surface area contributed by atoms with E-state index >= 15 is 0 Å². The molecule has 18 heavy (non-hydrogen) atoms. The predicted molar refractivity (Wildman–Crippen MR) is 71.8 cm³/mol. The van der Waals surface area contributed by atoms with Gasteiger partial charge in [0.05, 0.1) is 10.9 Å². The fourth-order valence-corrected chi connectivity index (χ4v) is 4.50. The highest BCUT2D eigenvalue weighted by Crippen LogP contribution is 2.35. The molecule has 1 aromatic rings. The molecule has 1 heterocycles. The Morgan fingerprint density at radius 2 is 2.00 bits per heavy atom. The maximum Gasteiger partial charge on any atom is 0.200 e. The largest absolute Gasteiger partial charge is 0.396 e. The molecule has 1 aromatic heterocycles. The van der Waals surface area contributed by atoms with Gasteiger partial charge < -0.3 is 5.73 Å². The van der Waals surface area contributed by atoms with Crippen LogP contribution in [-0.4, -0.2) is 18.7 Å². The van der Waals surface area contributed by atoms with Crippen LogP contribution in [0.4, 0.5) is 5.69 Å². The monoisotopic (exact) mass is 268 g/mol. The van der Waals surface area contributed by atoms with Crippen molar-refractivity contribution >= 4 is 15.5 Å². The molecule has 2 N–H and O–H groups in total. The van der Waals surface area contributed by atoms with Crippen LogP contribution in [0.2, 0.25) is 0 Å². The molecular weight excluding hydrogens is 248 g/mol. The normalized spacial score (nSPS) is 29.1. The van der Waals surface area contributed by atoms with Crippen LogP contribution in [-0.2, 0) is 9.84 Å². The fraction of sp³-hybridized carbons (Fsp3) is 0.615. The number of nitrogen functional groups attached to an aromatic ring is 1. The number of pyridine rings is 1. The van der Waals surface area contributed by atoms with Crippen molar-refractivity contribution in [2.75, 3.05) is 5.73 Å². The summed E-state index contributed by atoms with van der Waals surface area (Å²) in [6.45, 7) is 4.30. The van der Waals surface area contributed by atoms with Crippen molar-refractivity contribution in [1.29, 1.82) is 0 Å². The third-order valence-electron chi connectivity index (χ3n) is 4.06. The first-order chi connectivity index (χ1) is 8.43. The molecule has 100 valence electrons. The van der Waals surface area contributed by atoms with Crippen molar-refractivity contribution in [3.05, 3.63) is 18.3 Å². The molecule has 5 heteroatoms. The molecule has 2 rings (SSSR count). The molecule has 0 aromatic carbocycles. The van der Waals surface area contributed by atoms with Crippen LogP contribution in [0, 0.1) is 11.8 Å². The molecule has 0 saturated heterocycles. The SMILES string of the molecule is CC1CCC(S(=O)(=O)c2ncccc2N)CC1C. The summed E-state index contributed by atoms with van der Waals surface area (Å²) in [5.41, 5.74) is 5.99. The lowest BCUT2D eigenvalue weighted by molar-refractivity contribution is 0.278. The van der Waals surface area contributed by atoms with Crippen molar-refractivity contribution in [2.45, 2.75) is 43.4 Å². The summed E-state index contributed by atoms with van der Waals surface area (Å²) >= 11 is 0. The van der Waals surface area contributed by atoms with Crippen LogP contribution in [0.25, 0.3) is 0 Å². The van der Waals surface area contributed by atoms with E-state index in [1.54, 1.807) is 12.1 Å². The molecule has 3 unspecified atom stereocenters. The quantitative estimate of drug-likeness (QED) is 0.893. The number of hydrogen-bond acceptors (Lipinski definition) is 4. The van der Waals surface area contributed by atoms with Crippen LogP contribution in [0.1, 0.15) is 33.1 Å². The van der Waals surface area contributed by atoms with Crippen molar-refractivity contribution in [3.63, 3.8) is 0 Å². The van der Waals surface area contributed by atoms with Crippen LogP contribution >= 0.6 is 0 Å². The van der Waals surface area contributed by atoms with E-state index in [4.69, 9.17) is 5.73 Å². The van der Waals surface area contributed by atoms with Gasteiger partial charge >= 0.3 is 0 Å². The van der Waals surface area contributed by atoms with E-state index < -0.39 is 9.84 Å². The summed E-state index contributed by atoms with van der Waals surface area (Å²) in [5, 5.41) is -0.280. The Hall–Kier alpha value is -1.10. The van der Waals surface area contributed by atoms with Crippen molar-refractivity contribution in [1.82, 2.24) is 4.98 Å². The number of aromatic nitrogens is 1. The second kappa shape index (κ2) is 4.88. The number of nitrogens with zero attached hydrogens (tertiary/aromatic N) is 1. The lowest BCUT2D eigenvalue weighted by atomic mass is 9.81. The van der Waals surface area contributed by atoms with Crippen LogP contribution in [0.5, 0.6) is 0 Å². The maximum absolute atomic E-state index is 12.5. The summed E-state index contributed by atoms with van der Waals surface area (Å²) in [7, 11) is -3.39. The molecule has 3 atom stereocenters. The van der Waals surface area contributed by atoms with E-state index in [0.29, 0.717) is 24.7 Å². The van der Waals surface area contributed by atoms with Crippen molar-refractivity contribution in [2.24, 2.45) is 11.8 Å². The highest BCUT2D eigenvalue weighted by Gasteiger charge is 2.35. The molecule has 4 nitrogen and oxygen atoms in total. The van der Waals surface area contributed by atoms with Gasteiger partial charge in [0, 0.05) is 6.20 Å².